The van der Waals surface area contributed by atoms with Crippen LogP contribution in [0.4, 0.5) is 0 Å². The molecule has 0 saturated carbocycles. The van der Waals surface area contributed by atoms with Gasteiger partial charge in [0, 0.05) is 43.6 Å². The summed E-state index contributed by atoms with van der Waals surface area (Å²) in [7, 11) is 0. The van der Waals surface area contributed by atoms with Crippen LogP contribution in [0.15, 0.2) is 141 Å². The molecule has 8 aromatic rings. The molecular formula is C36H32Cl4N4O8. The maximum atomic E-state index is 10.9. The summed E-state index contributed by atoms with van der Waals surface area (Å²) in [6, 6.07) is 35.0. The van der Waals surface area contributed by atoms with Gasteiger partial charge in [0.05, 0.1) is 0 Å². The maximum Gasteiger partial charge on any atom is 0.290 e. The summed E-state index contributed by atoms with van der Waals surface area (Å²) < 4.78 is 0. The number of aromatic hydroxyl groups is 4. The number of aromatic nitrogens is 4. The first-order chi connectivity index (χ1) is 23.1. The first kappa shape index (κ1) is 44.1. The second kappa shape index (κ2) is 20.1. The van der Waals surface area contributed by atoms with Crippen molar-refractivity contribution in [1.82, 2.24) is 19.9 Å². The fourth-order valence-electron chi connectivity index (χ4n) is 4.54. The number of rotatable bonds is 0. The molecule has 8 N–H and O–H groups in total. The monoisotopic (exact) mass is 788 g/mol. The van der Waals surface area contributed by atoms with Gasteiger partial charge in [0.1, 0.15) is 0 Å². The predicted octanol–water partition coefficient (Wildman–Crippen LogP) is 6.62. The molecule has 272 valence electrons. The van der Waals surface area contributed by atoms with Crippen LogP contribution in [0.1, 0.15) is 0 Å². The van der Waals surface area contributed by atoms with Gasteiger partial charge in [0.15, 0.2) is 23.0 Å². The lowest BCUT2D eigenvalue weighted by Gasteiger charge is -1.96. The van der Waals surface area contributed by atoms with E-state index in [1.54, 1.807) is 24.3 Å². The Kier molecular flexibility index (Phi) is 17.0. The zero-order chi connectivity index (χ0) is 34.2. The first-order valence-corrected chi connectivity index (χ1v) is 14.3. The van der Waals surface area contributed by atoms with Gasteiger partial charge in [0.25, 0.3) is 22.2 Å². The van der Waals surface area contributed by atoms with E-state index in [2.05, 4.69) is 19.9 Å². The van der Waals surface area contributed by atoms with Gasteiger partial charge in [-0.1, -0.05) is 72.8 Å². The number of nitrogens with one attached hydrogen (secondary N) is 4. The van der Waals surface area contributed by atoms with Gasteiger partial charge >= 0.3 is 0 Å². The van der Waals surface area contributed by atoms with E-state index in [4.69, 9.17) is 20.4 Å². The first-order valence-electron chi connectivity index (χ1n) is 14.3. The normalized spacial score (nSPS) is 9.54. The van der Waals surface area contributed by atoms with Gasteiger partial charge in [-0.25, -0.2) is 0 Å². The molecule has 0 aliphatic heterocycles. The zero-order valence-electron chi connectivity index (χ0n) is 26.6. The highest BCUT2D eigenvalue weighted by molar-refractivity contribution is 5.86. The minimum Gasteiger partial charge on any atom is -0.503 e. The van der Waals surface area contributed by atoms with Crippen molar-refractivity contribution in [2.75, 3.05) is 0 Å². The quantitative estimate of drug-likeness (QED) is 0.0834. The lowest BCUT2D eigenvalue weighted by atomic mass is 10.2. The van der Waals surface area contributed by atoms with E-state index in [9.17, 15) is 19.2 Å². The van der Waals surface area contributed by atoms with Crippen molar-refractivity contribution >= 4 is 93.2 Å². The number of hydrogen-bond donors (Lipinski definition) is 8. The summed E-state index contributed by atoms with van der Waals surface area (Å²) in [5.74, 6) is -0.968. The molecule has 8 rings (SSSR count). The lowest BCUT2D eigenvalue weighted by Crippen LogP contribution is -2.03. The van der Waals surface area contributed by atoms with Gasteiger partial charge in [-0.2, -0.15) is 0 Å². The van der Waals surface area contributed by atoms with Crippen LogP contribution in [0, 0.1) is 0 Å². The Morgan fingerprint density at radius 3 is 0.673 bits per heavy atom. The Balaban J connectivity index is 0.000000338. The Morgan fingerprint density at radius 2 is 0.481 bits per heavy atom. The molecule has 0 saturated heterocycles. The van der Waals surface area contributed by atoms with Crippen molar-refractivity contribution in [3.63, 3.8) is 0 Å². The van der Waals surface area contributed by atoms with E-state index in [0.29, 0.717) is 0 Å². The molecule has 52 heavy (non-hydrogen) atoms. The largest absolute Gasteiger partial charge is 0.503 e. The molecule has 0 atom stereocenters. The number of benzene rings is 4. The molecule has 0 aliphatic carbocycles. The summed E-state index contributed by atoms with van der Waals surface area (Å²) in [6.07, 6.45) is 0. The number of H-pyrrole nitrogens is 4. The van der Waals surface area contributed by atoms with Crippen molar-refractivity contribution < 1.29 is 20.4 Å². The summed E-state index contributed by atoms with van der Waals surface area (Å²) in [4.78, 5) is 53.9. The molecule has 0 fully saturated rings. The molecule has 0 amide bonds. The highest BCUT2D eigenvalue weighted by Gasteiger charge is 2.00. The van der Waals surface area contributed by atoms with Crippen LogP contribution >= 0.6 is 49.6 Å². The van der Waals surface area contributed by atoms with E-state index in [0.717, 1.165) is 43.6 Å². The number of hydrogen-bond acceptors (Lipinski definition) is 8. The highest BCUT2D eigenvalue weighted by Crippen LogP contribution is 2.15. The maximum absolute atomic E-state index is 10.9. The molecule has 0 aliphatic rings. The number of aromatic amines is 4. The molecular weight excluding hydrogens is 758 g/mol. The molecule has 0 bridgehead atoms. The van der Waals surface area contributed by atoms with Crippen molar-refractivity contribution in [1.29, 1.82) is 0 Å². The summed E-state index contributed by atoms with van der Waals surface area (Å²) >= 11 is 0. The van der Waals surface area contributed by atoms with Crippen molar-refractivity contribution in [3.05, 3.63) is 163 Å². The van der Waals surface area contributed by atoms with Crippen molar-refractivity contribution in [2.24, 2.45) is 0 Å². The van der Waals surface area contributed by atoms with Gasteiger partial charge in [0.2, 0.25) is 0 Å². The molecule has 12 nitrogen and oxygen atoms in total. The highest BCUT2D eigenvalue weighted by atomic mass is 35.5. The zero-order valence-corrected chi connectivity index (χ0v) is 29.9. The van der Waals surface area contributed by atoms with E-state index >= 15 is 0 Å². The van der Waals surface area contributed by atoms with Crippen LogP contribution in [-0.2, 0) is 0 Å². The SMILES string of the molecule is Cl.Cl.Cl.Cl.O=c1[nH]c2ccccc2cc1O.O=c1[nH]c2ccccc2cc1O.O=c1[nH]c2ccccc2cc1O.O=c1[nH]c2ccccc2cc1O. The molecule has 4 aromatic carbocycles. The summed E-state index contributed by atoms with van der Waals surface area (Å²) in [5, 5.41) is 39.6. The third-order valence-corrected chi connectivity index (χ3v) is 6.94. The average Bonchev–Trinajstić information content (AvgIpc) is 3.08. The van der Waals surface area contributed by atoms with Crippen LogP contribution in [0.3, 0.4) is 0 Å². The second-order valence-corrected chi connectivity index (χ2v) is 10.3. The van der Waals surface area contributed by atoms with Crippen LogP contribution < -0.4 is 22.2 Å². The Labute approximate surface area is 318 Å². The third kappa shape index (κ3) is 11.0. The smallest absolute Gasteiger partial charge is 0.290 e. The average molecular weight is 790 g/mol. The molecule has 4 heterocycles. The molecule has 16 heteroatoms. The Morgan fingerprint density at radius 1 is 0.308 bits per heavy atom. The molecule has 0 spiro atoms. The lowest BCUT2D eigenvalue weighted by molar-refractivity contribution is 0.467. The van der Waals surface area contributed by atoms with Gasteiger partial charge in [-0.15, -0.1) is 49.6 Å². The minimum absolute atomic E-state index is 0. The van der Waals surface area contributed by atoms with E-state index in [1.165, 1.54) is 24.3 Å². The fraction of sp³-hybridized carbons (Fsp3) is 0. The Hall–Kier alpha value is -5.92. The number of fused-ring (bicyclic) bond motifs is 4. The van der Waals surface area contributed by atoms with Gasteiger partial charge < -0.3 is 40.4 Å². The predicted molar refractivity (Wildman–Crippen MR) is 214 cm³/mol. The van der Waals surface area contributed by atoms with Gasteiger partial charge in [-0.05, 0) is 48.5 Å². The standard InChI is InChI=1S/4C9H7NO2.4ClH/c4*11-8-5-6-3-1-2-4-7(6)10-9(8)12;;;;/h4*1-5,11H,(H,10,12);4*1H. The van der Waals surface area contributed by atoms with Crippen molar-refractivity contribution in [2.45, 2.75) is 0 Å². The second-order valence-electron chi connectivity index (χ2n) is 10.3. The van der Waals surface area contributed by atoms with Crippen LogP contribution in [-0.4, -0.2) is 40.4 Å². The third-order valence-electron chi connectivity index (χ3n) is 6.94. The molecule has 0 unspecified atom stereocenters. The minimum atomic E-state index is -0.450. The number of halogens is 4. The topological polar surface area (TPSA) is 212 Å². The fourth-order valence-corrected chi connectivity index (χ4v) is 4.54. The van der Waals surface area contributed by atoms with Crippen LogP contribution in [0.2, 0.25) is 0 Å². The molecule has 4 aromatic heterocycles. The number of pyridine rings is 4. The van der Waals surface area contributed by atoms with Crippen LogP contribution in [0.25, 0.3) is 43.6 Å². The van der Waals surface area contributed by atoms with Crippen molar-refractivity contribution in [3.8, 4) is 23.0 Å². The molecule has 0 radical (unpaired) electrons. The van der Waals surface area contributed by atoms with E-state index in [-0.39, 0.29) is 72.6 Å². The van der Waals surface area contributed by atoms with E-state index in [1.807, 2.05) is 72.8 Å². The van der Waals surface area contributed by atoms with Crippen LogP contribution in [0.5, 0.6) is 23.0 Å². The number of para-hydroxylation sites is 4. The Bertz CT molecular complexity index is 2280. The summed E-state index contributed by atoms with van der Waals surface area (Å²) in [5.41, 5.74) is 1.14. The van der Waals surface area contributed by atoms with Gasteiger partial charge in [-0.3, -0.25) is 19.2 Å². The van der Waals surface area contributed by atoms with E-state index < -0.39 is 22.2 Å². The summed E-state index contributed by atoms with van der Waals surface area (Å²) in [6.45, 7) is 0.